The predicted molar refractivity (Wildman–Crippen MR) is 134 cm³/mol. The first kappa shape index (κ1) is 26.1. The van der Waals surface area contributed by atoms with Crippen LogP contribution in [0.15, 0.2) is 52.4 Å². The van der Waals surface area contributed by atoms with Crippen LogP contribution in [0.2, 0.25) is 0 Å². The van der Waals surface area contributed by atoms with Gasteiger partial charge in [-0.1, -0.05) is 30.7 Å². The van der Waals surface area contributed by atoms with Crippen molar-refractivity contribution in [3.05, 3.63) is 52.8 Å². The molecule has 0 unspecified atom stereocenters. The normalized spacial score (nSPS) is 12.6. The minimum Gasteiger partial charge on any atom is -0.495 e. The summed E-state index contributed by atoms with van der Waals surface area (Å²) in [5, 5.41) is 0. The van der Waals surface area contributed by atoms with Crippen molar-refractivity contribution in [3.8, 4) is 5.75 Å². The SMILES string of the molecule is CCCCN(C)S(=O)(=O)c1ccc(C(=O)N=c2sc3cccc(OC)c3n2CCOCC)cc1. The molecule has 184 valence electrons. The van der Waals surface area contributed by atoms with Crippen LogP contribution in [-0.2, 0) is 21.3 Å². The number of sulfonamides is 1. The van der Waals surface area contributed by atoms with Gasteiger partial charge in [0.25, 0.3) is 5.91 Å². The maximum atomic E-state index is 13.0. The molecule has 0 saturated heterocycles. The smallest absolute Gasteiger partial charge is 0.279 e. The van der Waals surface area contributed by atoms with Gasteiger partial charge < -0.3 is 14.0 Å². The zero-order chi connectivity index (χ0) is 24.7. The van der Waals surface area contributed by atoms with Crippen LogP contribution in [0, 0.1) is 0 Å². The average molecular weight is 506 g/mol. The number of unbranched alkanes of at least 4 members (excludes halogenated alkanes) is 1. The molecule has 0 radical (unpaired) electrons. The lowest BCUT2D eigenvalue weighted by Crippen LogP contribution is -2.27. The van der Waals surface area contributed by atoms with Crippen molar-refractivity contribution >= 4 is 37.5 Å². The second-order valence-corrected chi connectivity index (χ2v) is 10.7. The van der Waals surface area contributed by atoms with E-state index in [9.17, 15) is 13.2 Å². The van der Waals surface area contributed by atoms with Crippen molar-refractivity contribution in [2.75, 3.05) is 33.9 Å². The van der Waals surface area contributed by atoms with Crippen LogP contribution in [0.25, 0.3) is 10.2 Å². The molecule has 0 aliphatic rings. The number of rotatable bonds is 11. The third kappa shape index (κ3) is 5.75. The Morgan fingerprint density at radius 1 is 1.15 bits per heavy atom. The highest BCUT2D eigenvalue weighted by Crippen LogP contribution is 2.27. The van der Waals surface area contributed by atoms with E-state index in [1.54, 1.807) is 14.2 Å². The third-order valence-electron chi connectivity index (χ3n) is 5.38. The predicted octanol–water partition coefficient (Wildman–Crippen LogP) is 3.91. The number of carbonyl (C=O) groups excluding carboxylic acids is 1. The summed E-state index contributed by atoms with van der Waals surface area (Å²) in [6.07, 6.45) is 1.69. The maximum absolute atomic E-state index is 13.0. The molecule has 10 heteroatoms. The number of ether oxygens (including phenoxy) is 2. The molecule has 1 heterocycles. The van der Waals surface area contributed by atoms with E-state index in [0.717, 1.165) is 23.1 Å². The van der Waals surface area contributed by atoms with Crippen LogP contribution >= 0.6 is 11.3 Å². The van der Waals surface area contributed by atoms with Gasteiger partial charge >= 0.3 is 0 Å². The third-order valence-corrected chi connectivity index (χ3v) is 8.30. The van der Waals surface area contributed by atoms with Crippen LogP contribution in [0.3, 0.4) is 0 Å². The summed E-state index contributed by atoms with van der Waals surface area (Å²) in [6.45, 7) is 5.97. The molecule has 1 amide bonds. The van der Waals surface area contributed by atoms with Gasteiger partial charge in [-0.3, -0.25) is 4.79 Å². The lowest BCUT2D eigenvalue weighted by atomic mass is 10.2. The highest BCUT2D eigenvalue weighted by atomic mass is 32.2. The molecule has 34 heavy (non-hydrogen) atoms. The maximum Gasteiger partial charge on any atom is 0.279 e. The highest BCUT2D eigenvalue weighted by molar-refractivity contribution is 7.89. The molecule has 0 aliphatic heterocycles. The first-order valence-corrected chi connectivity index (χ1v) is 13.5. The van der Waals surface area contributed by atoms with E-state index >= 15 is 0 Å². The molecule has 8 nitrogen and oxygen atoms in total. The number of hydrogen-bond acceptors (Lipinski definition) is 6. The van der Waals surface area contributed by atoms with Gasteiger partial charge in [0.05, 0.1) is 23.3 Å². The molecule has 0 fully saturated rings. The Morgan fingerprint density at radius 3 is 2.53 bits per heavy atom. The number of para-hydroxylation sites is 1. The Bertz CT molecular complexity index is 1290. The van der Waals surface area contributed by atoms with Crippen molar-refractivity contribution in [2.45, 2.75) is 38.1 Å². The Labute approximate surface area is 204 Å². The molecule has 0 N–H and O–H groups in total. The number of nitrogens with zero attached hydrogens (tertiary/aromatic N) is 3. The minimum atomic E-state index is -3.60. The van der Waals surface area contributed by atoms with Crippen LogP contribution in [0.4, 0.5) is 0 Å². The number of carbonyl (C=O) groups is 1. The second-order valence-electron chi connectivity index (χ2n) is 7.66. The number of fused-ring (bicyclic) bond motifs is 1. The first-order chi connectivity index (χ1) is 16.3. The molecule has 0 atom stereocenters. The molecule has 2 aromatic carbocycles. The Hall–Kier alpha value is -2.53. The van der Waals surface area contributed by atoms with Gasteiger partial charge in [-0.25, -0.2) is 12.7 Å². The molecule has 0 aliphatic carbocycles. The lowest BCUT2D eigenvalue weighted by molar-refractivity contribution is 0.0996. The zero-order valence-electron chi connectivity index (χ0n) is 20.0. The molecule has 0 spiro atoms. The topological polar surface area (TPSA) is 90.2 Å². The average Bonchev–Trinajstić information content (AvgIpc) is 3.19. The van der Waals surface area contributed by atoms with Gasteiger partial charge in [-0.05, 0) is 49.7 Å². The minimum absolute atomic E-state index is 0.154. The first-order valence-electron chi connectivity index (χ1n) is 11.2. The molecule has 1 aromatic heterocycles. The van der Waals surface area contributed by atoms with Gasteiger partial charge in [0, 0.05) is 32.3 Å². The molecular formula is C24H31N3O5S2. The molecule has 3 aromatic rings. The fourth-order valence-electron chi connectivity index (χ4n) is 3.46. The van der Waals surface area contributed by atoms with Gasteiger partial charge in [-0.2, -0.15) is 4.99 Å². The largest absolute Gasteiger partial charge is 0.495 e. The molecule has 0 bridgehead atoms. The zero-order valence-corrected chi connectivity index (χ0v) is 21.6. The van der Waals surface area contributed by atoms with Crippen molar-refractivity contribution in [3.63, 3.8) is 0 Å². The Morgan fingerprint density at radius 2 is 1.88 bits per heavy atom. The summed E-state index contributed by atoms with van der Waals surface area (Å²) >= 11 is 1.39. The number of aromatic nitrogens is 1. The highest BCUT2D eigenvalue weighted by Gasteiger charge is 2.20. The molecule has 3 rings (SSSR count). The lowest BCUT2D eigenvalue weighted by Gasteiger charge is -2.16. The van der Waals surface area contributed by atoms with E-state index in [2.05, 4.69) is 4.99 Å². The van der Waals surface area contributed by atoms with Gasteiger partial charge in [0.1, 0.15) is 11.3 Å². The van der Waals surface area contributed by atoms with E-state index in [4.69, 9.17) is 9.47 Å². The summed E-state index contributed by atoms with van der Waals surface area (Å²) in [4.78, 5) is 18.0. The molecular weight excluding hydrogens is 474 g/mol. The quantitative estimate of drug-likeness (QED) is 0.369. The summed E-state index contributed by atoms with van der Waals surface area (Å²) < 4.78 is 40.7. The number of hydrogen-bond donors (Lipinski definition) is 0. The van der Waals surface area contributed by atoms with Crippen LogP contribution < -0.4 is 9.54 Å². The van der Waals surface area contributed by atoms with Crippen molar-refractivity contribution in [2.24, 2.45) is 4.99 Å². The van der Waals surface area contributed by atoms with Crippen LogP contribution in [0.5, 0.6) is 5.75 Å². The van der Waals surface area contributed by atoms with Crippen molar-refractivity contribution in [1.82, 2.24) is 8.87 Å². The summed E-state index contributed by atoms with van der Waals surface area (Å²) in [5.74, 6) is 0.250. The van der Waals surface area contributed by atoms with Gasteiger partial charge in [-0.15, -0.1) is 0 Å². The van der Waals surface area contributed by atoms with E-state index in [-0.39, 0.29) is 4.90 Å². The van der Waals surface area contributed by atoms with Crippen LogP contribution in [-0.4, -0.2) is 57.1 Å². The van der Waals surface area contributed by atoms with Gasteiger partial charge in [0.2, 0.25) is 10.0 Å². The van der Waals surface area contributed by atoms with E-state index in [1.165, 1.54) is 39.9 Å². The number of methoxy groups -OCH3 is 1. The second kappa shape index (κ2) is 11.7. The van der Waals surface area contributed by atoms with E-state index in [0.29, 0.717) is 42.4 Å². The molecule has 0 saturated carbocycles. The van der Waals surface area contributed by atoms with E-state index in [1.807, 2.05) is 36.6 Å². The standard InChI is InChI=1S/C24H31N3O5S2/c1-5-7-15-26(3)34(29,30)19-13-11-18(12-14-19)23(28)25-24-27(16-17-32-6-2)22-20(31-4)9-8-10-21(22)33-24/h8-14H,5-7,15-17H2,1-4H3. The van der Waals surface area contributed by atoms with Crippen molar-refractivity contribution < 1.29 is 22.7 Å². The van der Waals surface area contributed by atoms with E-state index < -0.39 is 15.9 Å². The fraction of sp³-hybridized carbons (Fsp3) is 0.417. The Kier molecular flexibility index (Phi) is 9.01. The fourth-order valence-corrected chi connectivity index (χ4v) is 5.74. The number of thiazole rings is 1. The van der Waals surface area contributed by atoms with Gasteiger partial charge in [0.15, 0.2) is 4.80 Å². The Balaban J connectivity index is 1.95. The van der Waals surface area contributed by atoms with Crippen LogP contribution in [0.1, 0.15) is 37.0 Å². The number of benzene rings is 2. The summed E-state index contributed by atoms with van der Waals surface area (Å²) in [6, 6.07) is 11.6. The number of amides is 1. The monoisotopic (exact) mass is 505 g/mol. The van der Waals surface area contributed by atoms with Crippen molar-refractivity contribution in [1.29, 1.82) is 0 Å². The summed E-state index contributed by atoms with van der Waals surface area (Å²) in [5.41, 5.74) is 1.17. The summed E-state index contributed by atoms with van der Waals surface area (Å²) in [7, 11) is -0.422.